The van der Waals surface area contributed by atoms with Gasteiger partial charge in [0, 0.05) is 11.6 Å². The van der Waals surface area contributed by atoms with E-state index in [1.165, 1.54) is 0 Å². The molecule has 1 nitrogen and oxygen atoms in total. The van der Waals surface area contributed by atoms with Crippen molar-refractivity contribution in [3.8, 4) is 5.75 Å². The first kappa shape index (κ1) is 9.83. The Morgan fingerprint density at radius 2 is 1.92 bits per heavy atom. The van der Waals surface area contributed by atoms with Gasteiger partial charge in [0.15, 0.2) is 0 Å². The van der Waals surface area contributed by atoms with E-state index >= 15 is 0 Å². The van der Waals surface area contributed by atoms with Crippen molar-refractivity contribution in [2.24, 2.45) is 0 Å². The van der Waals surface area contributed by atoms with Gasteiger partial charge in [0.1, 0.15) is 5.75 Å². The first-order valence-electron chi connectivity index (χ1n) is 3.34. The van der Waals surface area contributed by atoms with Crippen LogP contribution in [0.2, 0.25) is 0 Å². The molecule has 0 bridgehead atoms. The molecule has 0 saturated carbocycles. The van der Waals surface area contributed by atoms with Gasteiger partial charge in [-0.1, -0.05) is 12.1 Å². The molecule has 0 amide bonds. The van der Waals surface area contributed by atoms with Crippen molar-refractivity contribution in [2.75, 3.05) is 0 Å². The Labute approximate surface area is 71.9 Å². The molecule has 0 atom stereocenters. The molecule has 5 heteroatoms. The maximum atomic E-state index is 12.0. The van der Waals surface area contributed by atoms with Gasteiger partial charge in [0.05, 0.1) is 0 Å². The van der Waals surface area contributed by atoms with Crippen molar-refractivity contribution in [1.82, 2.24) is 0 Å². The molecule has 0 aromatic heterocycles. The van der Waals surface area contributed by atoms with Gasteiger partial charge in [-0.25, -0.2) is 8.78 Å². The van der Waals surface area contributed by atoms with Crippen LogP contribution in [0, 0.1) is 6.07 Å². The Hall–Kier alpha value is -1.26. The maximum absolute atomic E-state index is 12.0. The summed E-state index contributed by atoms with van der Waals surface area (Å²) in [5, 5.41) is 0. The van der Waals surface area contributed by atoms with Crippen LogP contribution in [0.4, 0.5) is 17.6 Å². The molecule has 0 aliphatic heterocycles. The molecular formula is C8H5F4O. The summed E-state index contributed by atoms with van der Waals surface area (Å²) in [7, 11) is 0. The summed E-state index contributed by atoms with van der Waals surface area (Å²) in [6.45, 7) is -3.02. The third kappa shape index (κ3) is 2.93. The number of halogens is 4. The highest BCUT2D eigenvalue weighted by molar-refractivity contribution is 5.27. The Balaban J connectivity index is 2.79. The second-order valence-electron chi connectivity index (χ2n) is 2.17. The number of ether oxygens (including phenoxy) is 1. The Morgan fingerprint density at radius 1 is 1.23 bits per heavy atom. The summed E-state index contributed by atoms with van der Waals surface area (Å²) in [4.78, 5) is 0. The lowest BCUT2D eigenvalue weighted by Crippen LogP contribution is -2.02. The number of hydrogen-bond acceptors (Lipinski definition) is 1. The van der Waals surface area contributed by atoms with Crippen molar-refractivity contribution in [2.45, 2.75) is 13.0 Å². The Kier molecular flexibility index (Phi) is 3.11. The lowest BCUT2D eigenvalue weighted by molar-refractivity contribution is -0.0502. The van der Waals surface area contributed by atoms with E-state index < -0.39 is 13.0 Å². The first-order valence-corrected chi connectivity index (χ1v) is 3.34. The van der Waals surface area contributed by atoms with E-state index in [0.717, 1.165) is 18.2 Å². The summed E-state index contributed by atoms with van der Waals surface area (Å²) in [6, 6.07) is 5.29. The largest absolute Gasteiger partial charge is 0.434 e. The zero-order chi connectivity index (χ0) is 9.84. The third-order valence-corrected chi connectivity index (χ3v) is 1.27. The number of benzene rings is 1. The van der Waals surface area contributed by atoms with Crippen LogP contribution in [0.25, 0.3) is 0 Å². The maximum Gasteiger partial charge on any atom is 0.387 e. The number of alkyl halides is 4. The highest BCUT2D eigenvalue weighted by Crippen LogP contribution is 2.23. The van der Waals surface area contributed by atoms with Gasteiger partial charge in [-0.05, 0) is 6.07 Å². The van der Waals surface area contributed by atoms with Gasteiger partial charge in [0.25, 0.3) is 6.43 Å². The summed E-state index contributed by atoms with van der Waals surface area (Å²) in [6.07, 6.45) is -2.70. The molecule has 0 heterocycles. The fourth-order valence-electron chi connectivity index (χ4n) is 0.761. The van der Waals surface area contributed by atoms with Crippen molar-refractivity contribution in [3.63, 3.8) is 0 Å². The predicted molar refractivity (Wildman–Crippen MR) is 36.9 cm³/mol. The molecule has 0 unspecified atom stereocenters. The zero-order valence-corrected chi connectivity index (χ0v) is 6.31. The number of rotatable bonds is 3. The van der Waals surface area contributed by atoms with Gasteiger partial charge in [0.2, 0.25) is 0 Å². The summed E-state index contributed by atoms with van der Waals surface area (Å²) >= 11 is 0. The van der Waals surface area contributed by atoms with E-state index in [1.807, 2.05) is 0 Å². The van der Waals surface area contributed by atoms with Crippen LogP contribution in [0.5, 0.6) is 5.75 Å². The third-order valence-electron chi connectivity index (χ3n) is 1.27. The normalized spacial score (nSPS) is 10.9. The van der Waals surface area contributed by atoms with Crippen LogP contribution in [0.15, 0.2) is 18.2 Å². The van der Waals surface area contributed by atoms with Crippen molar-refractivity contribution in [3.05, 3.63) is 29.8 Å². The Bertz CT molecular complexity index is 275. The Morgan fingerprint density at radius 3 is 2.46 bits per heavy atom. The van der Waals surface area contributed by atoms with Crippen LogP contribution in [0.3, 0.4) is 0 Å². The minimum Gasteiger partial charge on any atom is -0.434 e. The van der Waals surface area contributed by atoms with Gasteiger partial charge in [-0.3, -0.25) is 0 Å². The van der Waals surface area contributed by atoms with Crippen LogP contribution in [0.1, 0.15) is 12.0 Å². The molecule has 0 aliphatic rings. The van der Waals surface area contributed by atoms with Crippen LogP contribution in [-0.2, 0) is 0 Å². The van der Waals surface area contributed by atoms with E-state index in [0.29, 0.717) is 0 Å². The summed E-state index contributed by atoms with van der Waals surface area (Å²) in [5.74, 6) is -0.382. The van der Waals surface area contributed by atoms with Crippen molar-refractivity contribution in [1.29, 1.82) is 0 Å². The van der Waals surface area contributed by atoms with Crippen LogP contribution < -0.4 is 4.74 Å². The lowest BCUT2D eigenvalue weighted by Gasteiger charge is -2.05. The zero-order valence-electron chi connectivity index (χ0n) is 6.31. The standard InChI is InChI=1S/C8H5F4O/c9-7(10)5-2-1-3-6(4-5)13-8(11)12/h1-2,4,7-8H. The van der Waals surface area contributed by atoms with E-state index in [9.17, 15) is 17.6 Å². The van der Waals surface area contributed by atoms with E-state index in [-0.39, 0.29) is 11.3 Å². The molecule has 1 aromatic rings. The molecule has 0 saturated heterocycles. The average Bonchev–Trinajstić information content (AvgIpc) is 2.03. The smallest absolute Gasteiger partial charge is 0.387 e. The first-order chi connectivity index (χ1) is 6.09. The molecule has 1 radical (unpaired) electrons. The highest BCUT2D eigenvalue weighted by atomic mass is 19.3. The molecule has 0 N–H and O–H groups in total. The molecule has 71 valence electrons. The second-order valence-corrected chi connectivity index (χ2v) is 2.17. The molecule has 0 fully saturated rings. The quantitative estimate of drug-likeness (QED) is 0.670. The fraction of sp³-hybridized carbons (Fsp3) is 0.250. The molecule has 0 spiro atoms. The van der Waals surface area contributed by atoms with Crippen LogP contribution in [-0.4, -0.2) is 6.61 Å². The van der Waals surface area contributed by atoms with E-state index in [1.54, 1.807) is 0 Å². The topological polar surface area (TPSA) is 9.23 Å². The average molecular weight is 193 g/mol. The van der Waals surface area contributed by atoms with Gasteiger partial charge in [-0.15, -0.1) is 0 Å². The molecular weight excluding hydrogens is 188 g/mol. The minimum atomic E-state index is -3.02. The second kappa shape index (κ2) is 4.11. The van der Waals surface area contributed by atoms with Crippen molar-refractivity contribution < 1.29 is 22.3 Å². The van der Waals surface area contributed by atoms with Gasteiger partial charge < -0.3 is 4.74 Å². The summed E-state index contributed by atoms with van der Waals surface area (Å²) in [5.41, 5.74) is -0.366. The van der Waals surface area contributed by atoms with E-state index in [4.69, 9.17) is 0 Å². The minimum absolute atomic E-state index is 0.366. The monoisotopic (exact) mass is 193 g/mol. The number of hydrogen-bond donors (Lipinski definition) is 0. The molecule has 13 heavy (non-hydrogen) atoms. The predicted octanol–water partition coefficient (Wildman–Crippen LogP) is 3.03. The fourth-order valence-corrected chi connectivity index (χ4v) is 0.761. The van der Waals surface area contributed by atoms with Crippen LogP contribution >= 0.6 is 0 Å². The van der Waals surface area contributed by atoms with Gasteiger partial charge >= 0.3 is 6.61 Å². The lowest BCUT2D eigenvalue weighted by atomic mass is 10.2. The van der Waals surface area contributed by atoms with E-state index in [2.05, 4.69) is 10.8 Å². The molecule has 0 aliphatic carbocycles. The molecule has 1 rings (SSSR count). The summed E-state index contributed by atoms with van der Waals surface area (Å²) < 4.78 is 51.2. The highest BCUT2D eigenvalue weighted by Gasteiger charge is 2.09. The SMILES string of the molecule is FC(F)Oc1[c]ccc(C(F)F)c1. The molecule has 1 aromatic carbocycles. The van der Waals surface area contributed by atoms with Crippen molar-refractivity contribution >= 4 is 0 Å². The van der Waals surface area contributed by atoms with Gasteiger partial charge in [-0.2, -0.15) is 8.78 Å².